The Bertz CT molecular complexity index is 620. The Balaban J connectivity index is 0.000000391. The molecule has 0 aliphatic carbocycles. The van der Waals surface area contributed by atoms with Crippen LogP contribution < -0.4 is 0 Å². The van der Waals surface area contributed by atoms with Crippen LogP contribution in [0.2, 0.25) is 0 Å². The lowest BCUT2D eigenvalue weighted by Gasteiger charge is -2.16. The van der Waals surface area contributed by atoms with Gasteiger partial charge in [0.05, 0.1) is 23.3 Å². The van der Waals surface area contributed by atoms with E-state index in [0.717, 1.165) is 6.42 Å². The molecule has 0 saturated carbocycles. The maximum Gasteiger partial charge on any atom is 0.335 e. The van der Waals surface area contributed by atoms with Gasteiger partial charge in [-0.2, -0.15) is 0 Å². The van der Waals surface area contributed by atoms with E-state index in [2.05, 4.69) is 0 Å². The zero-order valence-electron chi connectivity index (χ0n) is 16.5. The first-order valence-electron chi connectivity index (χ1n) is 9.11. The third-order valence-corrected chi connectivity index (χ3v) is 3.80. The first-order chi connectivity index (χ1) is 13.2. The van der Waals surface area contributed by atoms with Crippen LogP contribution in [0.4, 0.5) is 0 Å². The van der Waals surface area contributed by atoms with E-state index in [-0.39, 0.29) is 18.1 Å². The van der Waals surface area contributed by atoms with Crippen LogP contribution in [0.15, 0.2) is 60.7 Å². The SMILES string of the molecule is CCC(O)CC(O)C(C)C.O=C(O)c1ccccc1.O=C(O)c1ccccc1. The van der Waals surface area contributed by atoms with E-state index < -0.39 is 11.9 Å². The van der Waals surface area contributed by atoms with E-state index in [1.165, 1.54) is 0 Å². The van der Waals surface area contributed by atoms with Gasteiger partial charge < -0.3 is 20.4 Å². The Morgan fingerprint density at radius 2 is 1.14 bits per heavy atom. The van der Waals surface area contributed by atoms with Crippen molar-refractivity contribution in [2.24, 2.45) is 5.92 Å². The largest absolute Gasteiger partial charge is 0.478 e. The van der Waals surface area contributed by atoms with Gasteiger partial charge in [0, 0.05) is 0 Å². The average molecular weight is 390 g/mol. The lowest BCUT2D eigenvalue weighted by atomic mass is 10.0. The van der Waals surface area contributed by atoms with Gasteiger partial charge in [-0.05, 0) is 43.0 Å². The number of hydrogen-bond donors (Lipinski definition) is 4. The van der Waals surface area contributed by atoms with Crippen molar-refractivity contribution in [1.82, 2.24) is 0 Å². The van der Waals surface area contributed by atoms with Crippen LogP contribution in [-0.2, 0) is 0 Å². The van der Waals surface area contributed by atoms with Gasteiger partial charge in [-0.1, -0.05) is 57.2 Å². The van der Waals surface area contributed by atoms with E-state index >= 15 is 0 Å². The van der Waals surface area contributed by atoms with Crippen molar-refractivity contribution in [3.05, 3.63) is 71.8 Å². The molecule has 0 aliphatic rings. The van der Waals surface area contributed by atoms with Crippen molar-refractivity contribution in [2.75, 3.05) is 0 Å². The van der Waals surface area contributed by atoms with Gasteiger partial charge in [0.2, 0.25) is 0 Å². The number of carboxylic acid groups (broad SMARTS) is 2. The minimum Gasteiger partial charge on any atom is -0.478 e. The maximum absolute atomic E-state index is 10.2. The molecule has 0 saturated heterocycles. The highest BCUT2D eigenvalue weighted by Gasteiger charge is 2.12. The minimum atomic E-state index is -0.879. The van der Waals surface area contributed by atoms with Crippen LogP contribution in [0, 0.1) is 5.92 Å². The molecule has 4 N–H and O–H groups in total. The van der Waals surface area contributed by atoms with Gasteiger partial charge in [-0.3, -0.25) is 0 Å². The number of benzene rings is 2. The van der Waals surface area contributed by atoms with Gasteiger partial charge in [-0.15, -0.1) is 0 Å². The quantitative estimate of drug-likeness (QED) is 0.594. The summed E-state index contributed by atoms with van der Waals surface area (Å²) in [4.78, 5) is 20.4. The third-order valence-electron chi connectivity index (χ3n) is 3.80. The molecule has 0 spiro atoms. The summed E-state index contributed by atoms with van der Waals surface area (Å²) in [6.07, 6.45) is 0.546. The summed E-state index contributed by atoms with van der Waals surface area (Å²) in [6, 6.07) is 16.6. The molecule has 2 rings (SSSR count). The Labute approximate surface area is 166 Å². The van der Waals surface area contributed by atoms with Crippen LogP contribution >= 0.6 is 0 Å². The van der Waals surface area contributed by atoms with Crippen molar-refractivity contribution in [3.63, 3.8) is 0 Å². The lowest BCUT2D eigenvalue weighted by molar-refractivity contribution is 0.0520. The normalized spacial score (nSPS) is 11.9. The summed E-state index contributed by atoms with van der Waals surface area (Å²) < 4.78 is 0. The van der Waals surface area contributed by atoms with Gasteiger partial charge in [-0.25, -0.2) is 9.59 Å². The fourth-order valence-electron chi connectivity index (χ4n) is 1.88. The Morgan fingerprint density at radius 3 is 1.36 bits per heavy atom. The van der Waals surface area contributed by atoms with Crippen molar-refractivity contribution >= 4 is 11.9 Å². The number of aliphatic hydroxyl groups is 2. The second kappa shape index (κ2) is 14.4. The zero-order chi connectivity index (χ0) is 21.5. The number of rotatable bonds is 6. The summed E-state index contributed by atoms with van der Waals surface area (Å²) in [5.74, 6) is -1.51. The summed E-state index contributed by atoms with van der Waals surface area (Å²) in [6.45, 7) is 5.82. The molecule has 2 aromatic carbocycles. The van der Waals surface area contributed by atoms with Crippen molar-refractivity contribution in [3.8, 4) is 0 Å². The lowest BCUT2D eigenvalue weighted by Crippen LogP contribution is -2.21. The maximum atomic E-state index is 10.2. The van der Waals surface area contributed by atoms with E-state index in [9.17, 15) is 14.7 Å². The van der Waals surface area contributed by atoms with Crippen molar-refractivity contribution in [1.29, 1.82) is 0 Å². The standard InChI is InChI=1S/C8H18O2.2C7H6O2/c1-4-7(9)5-8(10)6(2)3;2*8-7(9)6-4-2-1-3-5-6/h6-10H,4-5H2,1-3H3;2*1-5H,(H,8,9). The predicted octanol–water partition coefficient (Wildman–Crippen LogP) is 3.93. The number of carbonyl (C=O) groups is 2. The fourth-order valence-corrected chi connectivity index (χ4v) is 1.88. The highest BCUT2D eigenvalue weighted by molar-refractivity contribution is 5.87. The Morgan fingerprint density at radius 1 is 0.786 bits per heavy atom. The number of hydrogen-bond acceptors (Lipinski definition) is 4. The average Bonchev–Trinajstić information content (AvgIpc) is 2.70. The van der Waals surface area contributed by atoms with E-state index in [0.29, 0.717) is 17.5 Å². The van der Waals surface area contributed by atoms with Crippen LogP contribution in [0.3, 0.4) is 0 Å². The molecule has 2 unspecified atom stereocenters. The molecule has 0 bridgehead atoms. The van der Waals surface area contributed by atoms with Crippen molar-refractivity contribution < 1.29 is 30.0 Å². The summed E-state index contributed by atoms with van der Waals surface area (Å²) in [7, 11) is 0. The summed E-state index contributed by atoms with van der Waals surface area (Å²) >= 11 is 0. The predicted molar refractivity (Wildman–Crippen MR) is 109 cm³/mol. The third kappa shape index (κ3) is 11.8. The molecule has 0 fully saturated rings. The van der Waals surface area contributed by atoms with Crippen LogP contribution in [-0.4, -0.2) is 44.6 Å². The summed E-state index contributed by atoms with van der Waals surface area (Å²) in [5.41, 5.74) is 0.662. The zero-order valence-corrected chi connectivity index (χ0v) is 16.5. The molecule has 2 atom stereocenters. The molecule has 0 aliphatic heterocycles. The van der Waals surface area contributed by atoms with Crippen LogP contribution in [0.5, 0.6) is 0 Å². The molecule has 154 valence electrons. The summed E-state index contributed by atoms with van der Waals surface area (Å²) in [5, 5.41) is 35.2. The van der Waals surface area contributed by atoms with Gasteiger partial charge in [0.1, 0.15) is 0 Å². The molecular formula is C22H30O6. The molecule has 0 amide bonds. The van der Waals surface area contributed by atoms with E-state index in [1.807, 2.05) is 20.8 Å². The highest BCUT2D eigenvalue weighted by atomic mass is 16.4. The van der Waals surface area contributed by atoms with E-state index in [4.69, 9.17) is 15.3 Å². The first kappa shape index (κ1) is 25.3. The highest BCUT2D eigenvalue weighted by Crippen LogP contribution is 2.09. The molecule has 2 aromatic rings. The molecule has 6 nitrogen and oxygen atoms in total. The van der Waals surface area contributed by atoms with Gasteiger partial charge in [0.25, 0.3) is 0 Å². The smallest absolute Gasteiger partial charge is 0.335 e. The monoisotopic (exact) mass is 390 g/mol. The van der Waals surface area contributed by atoms with Gasteiger partial charge >= 0.3 is 11.9 Å². The molecular weight excluding hydrogens is 360 g/mol. The topological polar surface area (TPSA) is 115 Å². The molecule has 0 heterocycles. The minimum absolute atomic E-state index is 0.251. The number of carboxylic acids is 2. The molecule has 0 radical (unpaired) electrons. The fraction of sp³-hybridized carbons (Fsp3) is 0.364. The molecule has 0 aromatic heterocycles. The number of aromatic carboxylic acids is 2. The van der Waals surface area contributed by atoms with Gasteiger partial charge in [0.15, 0.2) is 0 Å². The molecule has 28 heavy (non-hydrogen) atoms. The molecule has 6 heteroatoms. The second-order valence-electron chi connectivity index (χ2n) is 6.45. The Hall–Kier alpha value is -2.70. The number of aliphatic hydroxyl groups excluding tert-OH is 2. The van der Waals surface area contributed by atoms with Crippen molar-refractivity contribution in [2.45, 2.75) is 45.8 Å². The first-order valence-corrected chi connectivity index (χ1v) is 9.11. The van der Waals surface area contributed by atoms with Crippen LogP contribution in [0.25, 0.3) is 0 Å². The Kier molecular flexibility index (Phi) is 13.0. The van der Waals surface area contributed by atoms with Crippen LogP contribution in [0.1, 0.15) is 54.3 Å². The second-order valence-corrected chi connectivity index (χ2v) is 6.45. The van der Waals surface area contributed by atoms with E-state index in [1.54, 1.807) is 60.7 Å².